The molecule has 7 heteroatoms. The zero-order valence-electron chi connectivity index (χ0n) is 17.9. The highest BCUT2D eigenvalue weighted by molar-refractivity contribution is 5.28. The molecular formula is C23H32N6O+2. The van der Waals surface area contributed by atoms with Gasteiger partial charge in [-0.25, -0.2) is 4.68 Å². The van der Waals surface area contributed by atoms with Gasteiger partial charge in [0.25, 0.3) is 0 Å². The van der Waals surface area contributed by atoms with E-state index in [4.69, 9.17) is 4.74 Å². The number of methoxy groups -OCH3 is 1. The molecule has 3 aromatic rings. The van der Waals surface area contributed by atoms with Crippen molar-refractivity contribution < 1.29 is 14.5 Å². The Morgan fingerprint density at radius 2 is 1.73 bits per heavy atom. The third-order valence-electron chi connectivity index (χ3n) is 6.11. The lowest BCUT2D eigenvalue weighted by molar-refractivity contribution is -1.01. The van der Waals surface area contributed by atoms with E-state index in [0.29, 0.717) is 12.6 Å². The van der Waals surface area contributed by atoms with E-state index in [9.17, 15) is 0 Å². The molecule has 0 aliphatic carbocycles. The highest BCUT2D eigenvalue weighted by Crippen LogP contribution is 2.16. The maximum Gasteiger partial charge on any atom is 0.209 e. The molecule has 1 aromatic heterocycles. The van der Waals surface area contributed by atoms with Crippen LogP contribution in [-0.4, -0.2) is 53.5 Å². The molecular weight excluding hydrogens is 376 g/mol. The van der Waals surface area contributed by atoms with Crippen molar-refractivity contribution in [3.63, 3.8) is 0 Å². The molecule has 30 heavy (non-hydrogen) atoms. The van der Waals surface area contributed by atoms with Crippen LogP contribution in [0.2, 0.25) is 0 Å². The minimum Gasteiger partial charge on any atom is -0.497 e. The Bertz CT molecular complexity index is 903. The van der Waals surface area contributed by atoms with Crippen molar-refractivity contribution in [2.24, 2.45) is 0 Å². The molecule has 1 aliphatic heterocycles. The van der Waals surface area contributed by atoms with Crippen LogP contribution in [0.25, 0.3) is 0 Å². The number of piperazine rings is 1. The van der Waals surface area contributed by atoms with Crippen molar-refractivity contribution in [1.29, 1.82) is 0 Å². The van der Waals surface area contributed by atoms with E-state index < -0.39 is 0 Å². The number of aromatic nitrogens is 4. The van der Waals surface area contributed by atoms with Crippen LogP contribution in [0.5, 0.6) is 5.75 Å². The number of nitrogens with zero attached hydrogens (tertiary/aromatic N) is 4. The molecule has 2 heterocycles. The number of hydrogen-bond acceptors (Lipinski definition) is 4. The van der Waals surface area contributed by atoms with Gasteiger partial charge >= 0.3 is 0 Å². The monoisotopic (exact) mass is 408 g/mol. The average Bonchev–Trinajstić information content (AvgIpc) is 3.26. The summed E-state index contributed by atoms with van der Waals surface area (Å²) < 4.78 is 7.24. The summed E-state index contributed by atoms with van der Waals surface area (Å²) in [6, 6.07) is 19.3. The van der Waals surface area contributed by atoms with Crippen molar-refractivity contribution in [2.45, 2.75) is 32.4 Å². The summed E-state index contributed by atoms with van der Waals surface area (Å²) in [6.45, 7) is 7.46. The van der Waals surface area contributed by atoms with Crippen LogP contribution in [0.15, 0.2) is 54.6 Å². The smallest absolute Gasteiger partial charge is 0.209 e. The fourth-order valence-electron chi connectivity index (χ4n) is 4.47. The van der Waals surface area contributed by atoms with Gasteiger partial charge in [0.2, 0.25) is 5.82 Å². The van der Waals surface area contributed by atoms with Gasteiger partial charge in [0.15, 0.2) is 0 Å². The minimum atomic E-state index is 0.334. The second-order valence-electron chi connectivity index (χ2n) is 8.01. The molecule has 1 aliphatic rings. The first kappa shape index (κ1) is 20.5. The first-order valence-corrected chi connectivity index (χ1v) is 10.9. The average molecular weight is 409 g/mol. The van der Waals surface area contributed by atoms with E-state index in [1.165, 1.54) is 11.3 Å². The van der Waals surface area contributed by atoms with Gasteiger partial charge in [0, 0.05) is 6.42 Å². The molecule has 1 saturated heterocycles. The fraction of sp³-hybridized carbons (Fsp3) is 0.435. The van der Waals surface area contributed by atoms with Gasteiger partial charge in [-0.05, 0) is 40.3 Å². The number of tetrazole rings is 1. The van der Waals surface area contributed by atoms with E-state index in [0.717, 1.165) is 50.6 Å². The second-order valence-corrected chi connectivity index (χ2v) is 8.01. The first-order valence-electron chi connectivity index (χ1n) is 10.9. The summed E-state index contributed by atoms with van der Waals surface area (Å²) in [6.07, 6.45) is 2.22. The summed E-state index contributed by atoms with van der Waals surface area (Å²) in [4.78, 5) is 3.18. The van der Waals surface area contributed by atoms with E-state index in [-0.39, 0.29) is 0 Å². The molecule has 2 N–H and O–H groups in total. The van der Waals surface area contributed by atoms with Gasteiger partial charge < -0.3 is 9.64 Å². The molecule has 0 bridgehead atoms. The zero-order chi connectivity index (χ0) is 20.8. The Labute approximate surface area is 178 Å². The molecule has 0 unspecified atom stereocenters. The number of para-hydroxylation sites is 1. The van der Waals surface area contributed by atoms with Gasteiger partial charge in [-0.15, -0.1) is 5.10 Å². The number of benzene rings is 2. The number of rotatable bonds is 8. The Hall–Kier alpha value is -2.77. The van der Waals surface area contributed by atoms with Crippen LogP contribution < -0.4 is 14.5 Å². The van der Waals surface area contributed by atoms with Gasteiger partial charge in [0.1, 0.15) is 43.7 Å². The molecule has 0 radical (unpaired) electrons. The van der Waals surface area contributed by atoms with Crippen molar-refractivity contribution >= 4 is 5.69 Å². The largest absolute Gasteiger partial charge is 0.497 e. The lowest BCUT2D eigenvalue weighted by Gasteiger charge is -2.33. The zero-order valence-corrected chi connectivity index (χ0v) is 17.9. The van der Waals surface area contributed by atoms with Crippen molar-refractivity contribution in [1.82, 2.24) is 20.2 Å². The quantitative estimate of drug-likeness (QED) is 0.576. The summed E-state index contributed by atoms with van der Waals surface area (Å²) in [5.74, 6) is 1.87. The molecule has 158 valence electrons. The van der Waals surface area contributed by atoms with Crippen LogP contribution in [-0.2, 0) is 6.54 Å². The topological polar surface area (TPSA) is 61.7 Å². The first-order chi connectivity index (χ1) is 14.8. The normalized spacial score (nSPS) is 20.1. The van der Waals surface area contributed by atoms with E-state index in [1.54, 1.807) is 16.9 Å². The molecule has 0 spiro atoms. The number of ether oxygens (including phenoxy) is 1. The number of hydrogen-bond donors (Lipinski definition) is 2. The standard InChI is InChI=1S/C23H30N6O/c1-3-7-22(28-16-14-27(15-17-28)20-8-5-4-6-9-20)23-24-25-26-29(23)18-19-10-12-21(30-2)13-11-19/h4-6,8-13,22H,3,7,14-18H2,1-2H3/p+2/t22-/m1/s1. The van der Waals surface area contributed by atoms with Gasteiger partial charge in [-0.1, -0.05) is 43.7 Å². The predicted molar refractivity (Wildman–Crippen MR) is 115 cm³/mol. The van der Waals surface area contributed by atoms with Crippen molar-refractivity contribution in [3.8, 4) is 5.75 Å². The highest BCUT2D eigenvalue weighted by Gasteiger charge is 2.34. The van der Waals surface area contributed by atoms with Gasteiger partial charge in [-0.2, -0.15) is 0 Å². The van der Waals surface area contributed by atoms with E-state index >= 15 is 0 Å². The number of quaternary nitrogens is 2. The Kier molecular flexibility index (Phi) is 6.71. The summed E-state index contributed by atoms with van der Waals surface area (Å²) >= 11 is 0. The molecule has 1 fully saturated rings. The van der Waals surface area contributed by atoms with Gasteiger partial charge in [0.05, 0.1) is 13.7 Å². The van der Waals surface area contributed by atoms with Crippen LogP contribution >= 0.6 is 0 Å². The highest BCUT2D eigenvalue weighted by atomic mass is 16.5. The predicted octanol–water partition coefficient (Wildman–Crippen LogP) is 0.686. The van der Waals surface area contributed by atoms with Crippen LogP contribution in [0.1, 0.15) is 37.2 Å². The van der Waals surface area contributed by atoms with Crippen LogP contribution in [0, 0.1) is 0 Å². The maximum atomic E-state index is 5.27. The lowest BCUT2D eigenvalue weighted by atomic mass is 10.1. The third-order valence-corrected chi connectivity index (χ3v) is 6.11. The summed E-state index contributed by atoms with van der Waals surface area (Å²) in [7, 11) is 1.69. The molecule has 2 aromatic carbocycles. The van der Waals surface area contributed by atoms with Crippen molar-refractivity contribution in [3.05, 3.63) is 66.0 Å². The summed E-state index contributed by atoms with van der Waals surface area (Å²) in [5, 5.41) is 12.8. The third kappa shape index (κ3) is 4.68. The maximum absolute atomic E-state index is 5.27. The molecule has 0 amide bonds. The Morgan fingerprint density at radius 3 is 2.40 bits per heavy atom. The van der Waals surface area contributed by atoms with Crippen LogP contribution in [0.3, 0.4) is 0 Å². The molecule has 4 rings (SSSR count). The van der Waals surface area contributed by atoms with Gasteiger partial charge in [-0.3, -0.25) is 4.90 Å². The van der Waals surface area contributed by atoms with Crippen molar-refractivity contribution in [2.75, 3.05) is 33.3 Å². The second kappa shape index (κ2) is 9.82. The van der Waals surface area contributed by atoms with E-state index in [1.807, 2.05) is 16.8 Å². The molecule has 7 nitrogen and oxygen atoms in total. The molecule has 1 atom stereocenters. The minimum absolute atomic E-state index is 0.334. The van der Waals surface area contributed by atoms with Crippen LogP contribution in [0.4, 0.5) is 5.69 Å². The Morgan fingerprint density at radius 1 is 1.00 bits per heavy atom. The fourth-order valence-corrected chi connectivity index (χ4v) is 4.47. The SMILES string of the molecule is CCC[C@H](c1nnnn1Cc1ccc(OC)cc1)[NH+]1CC[NH+](c2ccccc2)CC1. The summed E-state index contributed by atoms with van der Waals surface area (Å²) in [5.41, 5.74) is 2.57. The molecule has 0 saturated carbocycles. The van der Waals surface area contributed by atoms with E-state index in [2.05, 4.69) is 64.9 Å². The number of nitrogens with one attached hydrogen (secondary N) is 2. The lowest BCUT2D eigenvalue weighted by Crippen LogP contribution is -3.26. The Balaban J connectivity index is 1.46.